The lowest BCUT2D eigenvalue weighted by Gasteiger charge is -2.52. The van der Waals surface area contributed by atoms with Gasteiger partial charge >= 0.3 is 0 Å². The Labute approximate surface area is 805 Å². The molecule has 12 saturated heterocycles. The smallest absolute Gasteiger partial charge is 0.217 e. The second kappa shape index (κ2) is 50.3. The van der Waals surface area contributed by atoms with Gasteiger partial charge in [-0.25, -0.2) is 0 Å². The number of hydrogen-bond acceptors (Lipinski definition) is 58. The van der Waals surface area contributed by atoms with Crippen molar-refractivity contribution >= 4 is 23.6 Å². The molecule has 0 bridgehead atoms. The van der Waals surface area contributed by atoms with Crippen LogP contribution in [0.4, 0.5) is 0 Å². The van der Waals surface area contributed by atoms with Crippen LogP contribution in [0.3, 0.4) is 0 Å². The second-order valence-corrected chi connectivity index (χ2v) is 36.6. The molecule has 35 N–H and O–H groups in total. The van der Waals surface area contributed by atoms with Crippen LogP contribution in [0.25, 0.3) is 0 Å². The fourth-order valence-corrected chi connectivity index (χ4v) is 18.6. The Kier molecular flexibility index (Phi) is 41.2. The first-order valence-electron chi connectivity index (χ1n) is 45.7. The molecule has 12 rings (SSSR count). The van der Waals surface area contributed by atoms with Gasteiger partial charge in [-0.15, -0.1) is 0 Å². The molecule has 60 atom stereocenters. The summed E-state index contributed by atoms with van der Waals surface area (Å²) in [6.07, 6.45) is -117. The van der Waals surface area contributed by atoms with Gasteiger partial charge in [-0.2, -0.15) is 0 Å². The van der Waals surface area contributed by atoms with E-state index in [0.29, 0.717) is 0 Å². The lowest BCUT2D eigenvalue weighted by Crippen LogP contribution is -2.71. The zero-order valence-corrected chi connectivity index (χ0v) is 76.9. The van der Waals surface area contributed by atoms with Crippen molar-refractivity contribution < 1.29 is 286 Å². The number of amides is 4. The van der Waals surface area contributed by atoms with Gasteiger partial charge < -0.3 is 289 Å². The van der Waals surface area contributed by atoms with E-state index in [4.69, 9.17) is 109 Å². The molecule has 0 radical (unpaired) electrons. The van der Waals surface area contributed by atoms with Gasteiger partial charge in [-0.05, 0) is 20.8 Å². The number of aliphatic hydroxyl groups is 31. The number of rotatable bonds is 35. The van der Waals surface area contributed by atoms with E-state index < -0.39 is 451 Å². The molecule has 142 heavy (non-hydrogen) atoms. The van der Waals surface area contributed by atoms with E-state index in [0.717, 1.165) is 27.7 Å². The average Bonchev–Trinajstić information content (AvgIpc) is 0.769. The Balaban J connectivity index is 0.877. The topological polar surface area (TPSA) is 956 Å². The first-order valence-corrected chi connectivity index (χ1v) is 45.7. The molecule has 12 heterocycles. The fraction of sp³-hybridized carbons (Fsp3) is 0.950. The molecule has 1 unspecified atom stereocenters. The maximum Gasteiger partial charge on any atom is 0.217 e. The van der Waals surface area contributed by atoms with Crippen LogP contribution in [-0.4, -0.2) is 610 Å². The van der Waals surface area contributed by atoms with Gasteiger partial charge in [0.1, 0.15) is 274 Å². The van der Waals surface area contributed by atoms with Crippen LogP contribution in [0.15, 0.2) is 0 Å². The maximum atomic E-state index is 13.6. The highest BCUT2D eigenvalue weighted by Crippen LogP contribution is 2.43. The summed E-state index contributed by atoms with van der Waals surface area (Å²) >= 11 is 0. The quantitative estimate of drug-likeness (QED) is 0.0280. The van der Waals surface area contributed by atoms with Crippen molar-refractivity contribution in [2.45, 2.75) is 417 Å². The average molecular weight is 2080 g/mol. The summed E-state index contributed by atoms with van der Waals surface area (Å²) in [6, 6.07) is -7.91. The Morgan fingerprint density at radius 1 is 0.197 bits per heavy atom. The van der Waals surface area contributed by atoms with Crippen molar-refractivity contribution in [3.63, 3.8) is 0 Å². The predicted octanol–water partition coefficient (Wildman–Crippen LogP) is -23.5. The number of nitrogens with one attached hydrogen (secondary N) is 4. The third-order valence-corrected chi connectivity index (χ3v) is 26.6. The third kappa shape index (κ3) is 25.4. The summed E-state index contributed by atoms with van der Waals surface area (Å²) in [5.74, 6) is -3.92. The van der Waals surface area contributed by atoms with E-state index in [1.165, 1.54) is 20.8 Å². The highest BCUT2D eigenvalue weighted by atomic mass is 16.8. The van der Waals surface area contributed by atoms with E-state index in [1.54, 1.807) is 0 Å². The predicted molar refractivity (Wildman–Crippen MR) is 437 cm³/mol. The molecular weight excluding hydrogens is 1940 g/mol. The molecule has 0 aromatic rings. The van der Waals surface area contributed by atoms with E-state index >= 15 is 0 Å². The van der Waals surface area contributed by atoms with Gasteiger partial charge in [-0.3, -0.25) is 19.2 Å². The minimum Gasteiger partial charge on any atom is -0.394 e. The Morgan fingerprint density at radius 3 is 0.859 bits per heavy atom. The third-order valence-electron chi connectivity index (χ3n) is 26.6. The normalized spacial score (nSPS) is 50.9. The van der Waals surface area contributed by atoms with Crippen molar-refractivity contribution in [2.24, 2.45) is 0 Å². The first-order chi connectivity index (χ1) is 67.1. The summed E-state index contributed by atoms with van der Waals surface area (Å²) < 4.78 is 139. The molecule has 62 heteroatoms. The standard InChI is InChI=1S/C80H134N4O58/c1-17-37(96)46(105)53(112)73(122-17)120-16-32-62(44(103)33(69(119)125-32)81-20(4)92)135-70-34(82-21(5)93)45(104)60(27(11-88)129-70)136-79-59(118)67(141-78-58(117)52(111)61(28(12-89)132-78)134-71-35(83-22(6)94)65(139-74-54(113)47(106)38(97)18(2)123-74)63(29(13-90)130-71)137-76-56(115)49(108)40(99)24(8-85)126-76)43(102)31(133-79)15-121-80-68(51(110)42(101)26(10-87)128-80)142-72-36(84-23(7)95)66(140-75-55(114)48(107)39(98)19(3)124-75)64(30(14-91)131-72)138-77-57(116)50(109)41(100)25(9-86)127-77/h17-19,24-80,85-91,96-119H,8-16H2,1-7H3,(H,81,92)(H,82,93)(H,83,94)(H,84,95)/t17-,18-,19-,24+,25+,26+,27+,28+,29+,30+,31+,32+,33+,34+,35+,36+,37+,38+,39+,40-,41-,42+,43+,44+,45+,46+,47+,48+,49-,50-,51-,52+,53-,54-,55-,56+,57+,58-,59-,60+,61+,62+,63+,64+,65+,66+,67-,68-,69?,70-,71-,72-,73+,74-,75-,76-,77-,78+,79-,80-/m0/s1. The van der Waals surface area contributed by atoms with E-state index in [9.17, 15) is 177 Å². The number of carbonyl (C=O) groups is 4. The van der Waals surface area contributed by atoms with Crippen LogP contribution in [0, 0.1) is 0 Å². The molecule has 0 spiro atoms. The highest BCUT2D eigenvalue weighted by Gasteiger charge is 2.64. The van der Waals surface area contributed by atoms with Gasteiger partial charge in [-0.1, -0.05) is 0 Å². The van der Waals surface area contributed by atoms with Gasteiger partial charge in [0.15, 0.2) is 75.5 Å². The second-order valence-electron chi connectivity index (χ2n) is 36.6. The summed E-state index contributed by atoms with van der Waals surface area (Å²) in [5.41, 5.74) is 0. The van der Waals surface area contributed by atoms with E-state index in [1.807, 2.05) is 0 Å². The molecule has 0 aromatic heterocycles. The minimum atomic E-state index is -2.67. The molecule has 12 fully saturated rings. The maximum absolute atomic E-state index is 13.6. The van der Waals surface area contributed by atoms with Crippen molar-refractivity contribution in [2.75, 3.05) is 59.5 Å². The summed E-state index contributed by atoms with van der Waals surface area (Å²) in [6.45, 7) is -3.07. The molecule has 12 aliphatic heterocycles. The van der Waals surface area contributed by atoms with Crippen LogP contribution in [0.2, 0.25) is 0 Å². The van der Waals surface area contributed by atoms with Crippen molar-refractivity contribution in [1.29, 1.82) is 0 Å². The largest absolute Gasteiger partial charge is 0.394 e. The molecule has 4 amide bonds. The molecular formula is C80H134N4O58. The van der Waals surface area contributed by atoms with Gasteiger partial charge in [0, 0.05) is 27.7 Å². The lowest BCUT2D eigenvalue weighted by atomic mass is 9.93. The number of ether oxygens (including phenoxy) is 23. The molecule has 62 nitrogen and oxygen atoms in total. The zero-order chi connectivity index (χ0) is 104. The van der Waals surface area contributed by atoms with Gasteiger partial charge in [0.25, 0.3) is 0 Å². The van der Waals surface area contributed by atoms with E-state index in [-0.39, 0.29) is 0 Å². The lowest BCUT2D eigenvalue weighted by molar-refractivity contribution is -0.399. The van der Waals surface area contributed by atoms with Crippen molar-refractivity contribution in [3.05, 3.63) is 0 Å². The number of carbonyl (C=O) groups excluding carboxylic acids is 4. The van der Waals surface area contributed by atoms with Crippen molar-refractivity contribution in [1.82, 2.24) is 21.3 Å². The monoisotopic (exact) mass is 2080 g/mol. The Hall–Kier alpha value is -4.28. The SMILES string of the molecule is CC(=O)N[C@H]1[C@H](O[C@H]2[C@H](O)[C@@H](NC(C)=O)C(O)O[C@@H]2CO[C@@H]2O[C@@H](C)[C@@H](O)[C@@H](O)[C@@H]2O)O[C@H](CO)[C@@H](O[C@@H]2O[C@H](CO[C@H]3O[C@H](CO)[C@@H](O)[C@H](O)[C@@H]3O[C@@H]3O[C@H](CO)[C@@H](O[C@@H]4O[C@H](CO)[C@H](O)[C@H](O)[C@H]4O)[C@H](O[C@@H]4O[C@@H](C)[C@@H](O)[C@@H](O)[C@@H]4O)[C@H]3NC(C)=O)[C@@H](O)[C@H](O[C@H]3O[C@H](CO)[C@@H](O[C@@H]4O[C@H](CO)[C@@H](O[C@@H]5O[C@H](CO)[C@H](O)[C@H](O)[C@H]5O)[C@H](O[C@@H]5O[C@@H](C)[C@@H](O)[C@@H](O)[C@@H]5O)[C@H]4NC(C)=O)[C@H](O)[C@@H]3O)[C@@H]2O)[C@@H]1O. The number of hydrogen-bond donors (Lipinski definition) is 35. The van der Waals surface area contributed by atoms with Crippen LogP contribution in [-0.2, 0) is 128 Å². The first kappa shape index (κ1) is 116. The molecule has 0 aromatic carbocycles. The summed E-state index contributed by atoms with van der Waals surface area (Å²) in [5, 5.41) is 359. The van der Waals surface area contributed by atoms with Crippen LogP contribution >= 0.6 is 0 Å². The van der Waals surface area contributed by atoms with Crippen LogP contribution < -0.4 is 21.3 Å². The summed E-state index contributed by atoms with van der Waals surface area (Å²) in [7, 11) is 0. The molecule has 12 aliphatic rings. The Morgan fingerprint density at radius 2 is 0.444 bits per heavy atom. The van der Waals surface area contributed by atoms with Crippen LogP contribution in [0.5, 0.6) is 0 Å². The van der Waals surface area contributed by atoms with E-state index in [2.05, 4.69) is 21.3 Å². The zero-order valence-electron chi connectivity index (χ0n) is 76.9. The molecule has 0 aliphatic carbocycles. The Bertz CT molecular complexity index is 3940. The minimum absolute atomic E-state index is 0.866. The highest BCUT2D eigenvalue weighted by molar-refractivity contribution is 5.74. The molecule has 822 valence electrons. The number of aliphatic hydroxyl groups excluding tert-OH is 31. The fourth-order valence-electron chi connectivity index (χ4n) is 18.6. The molecule has 0 saturated carbocycles. The van der Waals surface area contributed by atoms with Crippen LogP contribution in [0.1, 0.15) is 48.5 Å². The van der Waals surface area contributed by atoms with Crippen molar-refractivity contribution in [3.8, 4) is 0 Å². The van der Waals surface area contributed by atoms with Gasteiger partial charge in [0.2, 0.25) is 23.6 Å². The summed E-state index contributed by atoms with van der Waals surface area (Å²) in [4.78, 5) is 52.9. The van der Waals surface area contributed by atoms with Gasteiger partial charge in [0.05, 0.1) is 77.8 Å².